The molecule has 1 aromatic carbocycles. The van der Waals surface area contributed by atoms with Crippen molar-refractivity contribution >= 4 is 17.5 Å². The molecule has 2 aliphatic rings. The Morgan fingerprint density at radius 2 is 2.30 bits per heavy atom. The SMILES string of the molecule is O=C(c1ccc(F)c(Cl)c1)N1CC[C@@H]2OCc3cnnn3[C@@H]2C1. The number of aromatic nitrogens is 3. The third kappa shape index (κ3) is 2.49. The number of piperidine rings is 1. The van der Waals surface area contributed by atoms with Crippen molar-refractivity contribution < 1.29 is 13.9 Å². The lowest BCUT2D eigenvalue weighted by Crippen LogP contribution is -2.49. The minimum Gasteiger partial charge on any atom is -0.370 e. The van der Waals surface area contributed by atoms with Crippen molar-refractivity contribution in [3.05, 3.63) is 46.5 Å². The molecule has 1 fully saturated rings. The van der Waals surface area contributed by atoms with Crippen LogP contribution < -0.4 is 0 Å². The average molecular weight is 337 g/mol. The van der Waals surface area contributed by atoms with Gasteiger partial charge in [0, 0.05) is 18.7 Å². The van der Waals surface area contributed by atoms with Crippen LogP contribution in [0.15, 0.2) is 24.4 Å². The van der Waals surface area contributed by atoms with Crippen molar-refractivity contribution in [2.24, 2.45) is 0 Å². The lowest BCUT2D eigenvalue weighted by atomic mass is 9.99. The molecule has 1 amide bonds. The molecule has 4 rings (SSSR count). The molecule has 0 saturated carbocycles. The molecule has 0 aliphatic carbocycles. The van der Waals surface area contributed by atoms with Gasteiger partial charge in [-0.25, -0.2) is 9.07 Å². The number of carbonyl (C=O) groups is 1. The van der Waals surface area contributed by atoms with E-state index in [1.807, 2.05) is 4.68 Å². The van der Waals surface area contributed by atoms with E-state index >= 15 is 0 Å². The number of nitrogens with zero attached hydrogens (tertiary/aromatic N) is 4. The number of benzene rings is 1. The molecular weight excluding hydrogens is 323 g/mol. The second-order valence-electron chi connectivity index (χ2n) is 5.76. The Labute approximate surface area is 136 Å². The summed E-state index contributed by atoms with van der Waals surface area (Å²) in [5.74, 6) is -0.701. The maximum Gasteiger partial charge on any atom is 0.253 e. The fraction of sp³-hybridized carbons (Fsp3) is 0.400. The van der Waals surface area contributed by atoms with E-state index in [4.69, 9.17) is 16.3 Å². The molecule has 0 N–H and O–H groups in total. The second kappa shape index (κ2) is 5.58. The van der Waals surface area contributed by atoms with Gasteiger partial charge in [0.05, 0.1) is 35.7 Å². The number of fused-ring (bicyclic) bond motifs is 3. The summed E-state index contributed by atoms with van der Waals surface area (Å²) >= 11 is 5.77. The van der Waals surface area contributed by atoms with Crippen molar-refractivity contribution in [1.82, 2.24) is 19.9 Å². The Kier molecular flexibility index (Phi) is 3.54. The maximum atomic E-state index is 13.3. The van der Waals surface area contributed by atoms with Crippen molar-refractivity contribution in [1.29, 1.82) is 0 Å². The Morgan fingerprint density at radius 3 is 3.13 bits per heavy atom. The van der Waals surface area contributed by atoms with Crippen LogP contribution in [0.25, 0.3) is 0 Å². The van der Waals surface area contributed by atoms with Crippen LogP contribution in [0.4, 0.5) is 4.39 Å². The molecule has 0 unspecified atom stereocenters. The van der Waals surface area contributed by atoms with Gasteiger partial charge >= 0.3 is 0 Å². The van der Waals surface area contributed by atoms with Crippen molar-refractivity contribution in [3.8, 4) is 0 Å². The highest BCUT2D eigenvalue weighted by molar-refractivity contribution is 6.31. The number of carbonyl (C=O) groups excluding carboxylic acids is 1. The van der Waals surface area contributed by atoms with Crippen molar-refractivity contribution in [2.45, 2.75) is 25.2 Å². The molecule has 2 aliphatic heterocycles. The van der Waals surface area contributed by atoms with E-state index in [1.165, 1.54) is 18.2 Å². The molecule has 8 heteroatoms. The first kappa shape index (κ1) is 14.6. The van der Waals surface area contributed by atoms with Crippen molar-refractivity contribution in [3.63, 3.8) is 0 Å². The van der Waals surface area contributed by atoms with Crippen LogP contribution in [-0.4, -0.2) is 45.0 Å². The van der Waals surface area contributed by atoms with Crippen LogP contribution in [0.1, 0.15) is 28.5 Å². The summed E-state index contributed by atoms with van der Waals surface area (Å²) < 4.78 is 20.9. The first-order valence-corrected chi connectivity index (χ1v) is 7.76. The minimum absolute atomic E-state index is 0.0325. The van der Waals surface area contributed by atoms with E-state index in [0.717, 1.165) is 12.1 Å². The predicted molar refractivity (Wildman–Crippen MR) is 79.6 cm³/mol. The highest BCUT2D eigenvalue weighted by atomic mass is 35.5. The van der Waals surface area contributed by atoms with Crippen LogP contribution >= 0.6 is 11.6 Å². The number of amides is 1. The van der Waals surface area contributed by atoms with Gasteiger partial charge in [0.25, 0.3) is 5.91 Å². The Bertz CT molecular complexity index is 766. The number of hydrogen-bond acceptors (Lipinski definition) is 4. The molecule has 2 aromatic rings. The zero-order valence-corrected chi connectivity index (χ0v) is 12.9. The van der Waals surface area contributed by atoms with Gasteiger partial charge in [-0.1, -0.05) is 16.8 Å². The fourth-order valence-corrected chi connectivity index (χ4v) is 3.36. The summed E-state index contributed by atoms with van der Waals surface area (Å²) in [5.41, 5.74) is 1.29. The van der Waals surface area contributed by atoms with E-state index in [-0.39, 0.29) is 23.1 Å². The Morgan fingerprint density at radius 1 is 1.43 bits per heavy atom. The summed E-state index contributed by atoms with van der Waals surface area (Å²) in [6.07, 6.45) is 2.44. The van der Waals surface area contributed by atoms with Gasteiger partial charge < -0.3 is 9.64 Å². The number of ether oxygens (including phenoxy) is 1. The molecule has 1 aromatic heterocycles. The van der Waals surface area contributed by atoms with Crippen molar-refractivity contribution in [2.75, 3.05) is 13.1 Å². The van der Waals surface area contributed by atoms with Crippen LogP contribution in [-0.2, 0) is 11.3 Å². The van der Waals surface area contributed by atoms with Gasteiger partial charge in [0.15, 0.2) is 0 Å². The zero-order chi connectivity index (χ0) is 16.0. The van der Waals surface area contributed by atoms with Crippen LogP contribution in [0, 0.1) is 5.82 Å². The van der Waals surface area contributed by atoms with Crippen LogP contribution in [0.2, 0.25) is 5.02 Å². The largest absolute Gasteiger partial charge is 0.370 e. The van der Waals surface area contributed by atoms with E-state index in [1.54, 1.807) is 11.1 Å². The Balaban J connectivity index is 1.57. The zero-order valence-electron chi connectivity index (χ0n) is 12.2. The molecule has 0 radical (unpaired) electrons. The average Bonchev–Trinajstić information content (AvgIpc) is 3.05. The van der Waals surface area contributed by atoms with Gasteiger partial charge in [0.1, 0.15) is 5.82 Å². The quantitative estimate of drug-likeness (QED) is 0.799. The summed E-state index contributed by atoms with van der Waals surface area (Å²) in [6, 6.07) is 3.98. The second-order valence-corrected chi connectivity index (χ2v) is 6.16. The molecule has 2 atom stereocenters. The normalized spacial score (nSPS) is 23.3. The molecule has 3 heterocycles. The standard InChI is InChI=1S/C15H14ClFN4O2/c16-11-5-9(1-2-12(11)17)15(22)20-4-3-14-13(7-20)21-10(8-23-14)6-18-19-21/h1-2,5-6,13-14H,3-4,7-8H2/t13-,14+/m1/s1. The van der Waals surface area contributed by atoms with Gasteiger partial charge in [-0.3, -0.25) is 4.79 Å². The molecular formula is C15H14ClFN4O2. The number of rotatable bonds is 1. The fourth-order valence-electron chi connectivity index (χ4n) is 3.18. The summed E-state index contributed by atoms with van der Waals surface area (Å²) in [4.78, 5) is 14.4. The van der Waals surface area contributed by atoms with Crippen LogP contribution in [0.5, 0.6) is 0 Å². The van der Waals surface area contributed by atoms with E-state index in [9.17, 15) is 9.18 Å². The first-order valence-electron chi connectivity index (χ1n) is 7.38. The van der Waals surface area contributed by atoms with E-state index < -0.39 is 5.82 Å². The number of halogens is 2. The predicted octanol–water partition coefficient (Wildman–Crippen LogP) is 2.06. The minimum atomic E-state index is -0.533. The summed E-state index contributed by atoms with van der Waals surface area (Å²) in [7, 11) is 0. The van der Waals surface area contributed by atoms with E-state index in [2.05, 4.69) is 10.3 Å². The van der Waals surface area contributed by atoms with E-state index in [0.29, 0.717) is 25.3 Å². The van der Waals surface area contributed by atoms with Gasteiger partial charge in [-0.15, -0.1) is 5.10 Å². The molecule has 0 bridgehead atoms. The molecule has 1 saturated heterocycles. The number of likely N-dealkylation sites (tertiary alicyclic amines) is 1. The lowest BCUT2D eigenvalue weighted by Gasteiger charge is -2.41. The van der Waals surface area contributed by atoms with Crippen LogP contribution in [0.3, 0.4) is 0 Å². The highest BCUT2D eigenvalue weighted by Crippen LogP contribution is 2.30. The smallest absolute Gasteiger partial charge is 0.253 e. The molecule has 23 heavy (non-hydrogen) atoms. The van der Waals surface area contributed by atoms with Gasteiger partial charge in [-0.2, -0.15) is 0 Å². The third-order valence-corrected chi connectivity index (χ3v) is 4.67. The molecule has 120 valence electrons. The lowest BCUT2D eigenvalue weighted by molar-refractivity contribution is -0.0605. The first-order chi connectivity index (χ1) is 11.1. The van der Waals surface area contributed by atoms with Gasteiger partial charge in [0.2, 0.25) is 0 Å². The number of hydrogen-bond donors (Lipinski definition) is 0. The third-order valence-electron chi connectivity index (χ3n) is 4.38. The Hall–Kier alpha value is -1.99. The molecule has 6 nitrogen and oxygen atoms in total. The summed E-state index contributed by atoms with van der Waals surface area (Å²) in [5, 5.41) is 7.98. The van der Waals surface area contributed by atoms with Gasteiger partial charge in [-0.05, 0) is 24.6 Å². The summed E-state index contributed by atoms with van der Waals surface area (Å²) in [6.45, 7) is 1.56. The maximum absolute atomic E-state index is 13.3. The molecule has 0 spiro atoms. The topological polar surface area (TPSA) is 60.3 Å². The monoisotopic (exact) mass is 336 g/mol. The highest BCUT2D eigenvalue weighted by Gasteiger charge is 2.38.